The molecule has 11 aromatic carbocycles. The predicted molar refractivity (Wildman–Crippen MR) is 290 cm³/mol. The van der Waals surface area contributed by atoms with E-state index in [-0.39, 0.29) is 0 Å². The number of fused-ring (bicyclic) bond motifs is 4. The topological polar surface area (TPSA) is 9.72 Å². The van der Waals surface area contributed by atoms with E-state index in [0.717, 1.165) is 51.2 Å². The van der Waals surface area contributed by atoms with Gasteiger partial charge >= 0.3 is 0 Å². The Hall–Kier alpha value is -8.92. The molecule has 12 rings (SSSR count). The summed E-state index contributed by atoms with van der Waals surface area (Å²) in [4.78, 5) is 7.22. The maximum absolute atomic E-state index is 2.48. The van der Waals surface area contributed by atoms with E-state index in [1.54, 1.807) is 0 Å². The van der Waals surface area contributed by atoms with Gasteiger partial charge in [-0.2, -0.15) is 0 Å². The van der Waals surface area contributed by atoms with Gasteiger partial charge in [0, 0.05) is 34.1 Å². The first-order valence-electron chi connectivity index (χ1n) is 23.8. The van der Waals surface area contributed by atoms with E-state index in [1.807, 2.05) is 0 Å². The zero-order chi connectivity index (χ0) is 46.2. The summed E-state index contributed by atoms with van der Waals surface area (Å²) in [7, 11) is 0. The molecule has 0 saturated carbocycles. The van der Waals surface area contributed by atoms with E-state index < -0.39 is 5.41 Å². The first-order chi connectivity index (χ1) is 34.1. The molecule has 0 atom stereocenters. The summed E-state index contributed by atoms with van der Waals surface area (Å²) in [5, 5.41) is 2.37. The second kappa shape index (κ2) is 17.7. The third-order valence-electron chi connectivity index (χ3n) is 13.7. The predicted octanol–water partition coefficient (Wildman–Crippen LogP) is 17.9. The molecule has 0 fully saturated rings. The minimum atomic E-state index is -0.577. The second-order valence-electron chi connectivity index (χ2n) is 17.8. The van der Waals surface area contributed by atoms with Gasteiger partial charge in [0.25, 0.3) is 0 Å². The van der Waals surface area contributed by atoms with Crippen molar-refractivity contribution < 1.29 is 0 Å². The molecule has 0 heterocycles. The number of hydrogen-bond acceptors (Lipinski definition) is 3. The molecule has 1 aliphatic carbocycles. The summed E-state index contributed by atoms with van der Waals surface area (Å²) in [5.74, 6) is 0. The maximum atomic E-state index is 2.48. The van der Waals surface area contributed by atoms with Crippen molar-refractivity contribution in [1.29, 1.82) is 0 Å². The maximum Gasteiger partial charge on any atom is 0.0714 e. The van der Waals surface area contributed by atoms with Crippen molar-refractivity contribution in [3.05, 3.63) is 307 Å². The summed E-state index contributed by atoms with van der Waals surface area (Å²) in [5.41, 5.74) is 17.7. The lowest BCUT2D eigenvalue weighted by molar-refractivity contribution is 0.768. The smallest absolute Gasteiger partial charge is 0.0714 e. The lowest BCUT2D eigenvalue weighted by Gasteiger charge is -2.35. The Bertz CT molecular complexity index is 3340. The van der Waals surface area contributed by atoms with Gasteiger partial charge in [-0.05, 0) is 148 Å². The van der Waals surface area contributed by atoms with Gasteiger partial charge in [0.05, 0.1) is 22.5 Å². The van der Waals surface area contributed by atoms with Crippen LogP contribution >= 0.6 is 0 Å². The molecule has 0 amide bonds. The average Bonchev–Trinajstić information content (AvgIpc) is 3.72. The molecule has 0 unspecified atom stereocenters. The summed E-state index contributed by atoms with van der Waals surface area (Å²) in [6, 6.07) is 102. The van der Waals surface area contributed by atoms with Gasteiger partial charge < -0.3 is 14.7 Å². The van der Waals surface area contributed by atoms with E-state index in [0.29, 0.717) is 0 Å². The normalized spacial score (nSPS) is 12.2. The van der Waals surface area contributed by atoms with Gasteiger partial charge in [0.15, 0.2) is 0 Å². The minimum absolute atomic E-state index is 0.577. The fraction of sp³-hybridized carbons (Fsp3) is 0.0303. The number of benzene rings is 11. The number of para-hydroxylation sites is 4. The molecule has 0 spiro atoms. The minimum Gasteiger partial charge on any atom is -0.310 e. The average molecular weight is 884 g/mol. The summed E-state index contributed by atoms with van der Waals surface area (Å²) in [6.07, 6.45) is 0. The first kappa shape index (κ1) is 41.5. The molecular formula is C66H49N3. The molecule has 1 aliphatic rings. The van der Waals surface area contributed by atoms with Gasteiger partial charge in [0.1, 0.15) is 0 Å². The van der Waals surface area contributed by atoms with E-state index in [1.165, 1.54) is 49.7 Å². The van der Waals surface area contributed by atoms with Gasteiger partial charge in [-0.25, -0.2) is 0 Å². The van der Waals surface area contributed by atoms with Crippen LogP contribution in [0.3, 0.4) is 0 Å². The van der Waals surface area contributed by atoms with Crippen molar-refractivity contribution in [2.75, 3.05) is 14.7 Å². The van der Waals surface area contributed by atoms with Crippen molar-refractivity contribution in [2.24, 2.45) is 0 Å². The van der Waals surface area contributed by atoms with Crippen LogP contribution < -0.4 is 14.7 Å². The SMILES string of the molecule is Cc1cccc2c1-c1ccc(N(c3cc(N(c4ccccc4)c4ccccc4)cc(N(c4ccccc4)c4ccccc4)c3)c3ccc4ccccc4c3)cc1C2(c1ccccc1)c1ccccc1. The molecule has 0 N–H and O–H groups in total. The summed E-state index contributed by atoms with van der Waals surface area (Å²) in [6.45, 7) is 2.26. The van der Waals surface area contributed by atoms with Gasteiger partial charge in [-0.3, -0.25) is 0 Å². The largest absolute Gasteiger partial charge is 0.310 e. The molecule has 0 aliphatic heterocycles. The zero-order valence-corrected chi connectivity index (χ0v) is 38.4. The van der Waals surface area contributed by atoms with Crippen molar-refractivity contribution in [3.8, 4) is 11.1 Å². The second-order valence-corrected chi connectivity index (χ2v) is 17.8. The number of rotatable bonds is 11. The Balaban J connectivity index is 1.18. The molecule has 0 bridgehead atoms. The standard InChI is InChI=1S/C66H49N3/c1-48-23-22-38-63-65(48)62-42-41-58(47-64(62)66(63,51-26-8-2-9-27-51)52-28-10-3-11-29-52)69(57-40-39-49-24-20-21-25-50(49)43-57)61-45-59(67(53-30-12-4-13-31-53)54-32-14-5-15-33-54)44-60(46-61)68(55-34-16-6-17-35-55)56-36-18-7-19-37-56/h2-47H,1H3. The van der Waals surface area contributed by atoms with Crippen molar-refractivity contribution in [1.82, 2.24) is 0 Å². The number of nitrogens with zero attached hydrogens (tertiary/aromatic N) is 3. The third-order valence-corrected chi connectivity index (χ3v) is 13.7. The zero-order valence-electron chi connectivity index (χ0n) is 38.4. The molecule has 0 aromatic heterocycles. The molecular weight excluding hydrogens is 835 g/mol. The lowest BCUT2D eigenvalue weighted by atomic mass is 9.67. The Labute approximate surface area is 405 Å². The molecule has 328 valence electrons. The Morgan fingerprint density at radius 1 is 0.261 bits per heavy atom. The van der Waals surface area contributed by atoms with Crippen LogP contribution in [0.25, 0.3) is 21.9 Å². The lowest BCUT2D eigenvalue weighted by Crippen LogP contribution is -2.28. The van der Waals surface area contributed by atoms with E-state index in [2.05, 4.69) is 301 Å². The fourth-order valence-corrected chi connectivity index (χ4v) is 10.8. The molecule has 0 radical (unpaired) electrons. The van der Waals surface area contributed by atoms with E-state index in [4.69, 9.17) is 0 Å². The Morgan fingerprint density at radius 2 is 0.652 bits per heavy atom. The number of anilines is 9. The fourth-order valence-electron chi connectivity index (χ4n) is 10.8. The van der Waals surface area contributed by atoms with Crippen LogP contribution in [0.1, 0.15) is 27.8 Å². The van der Waals surface area contributed by atoms with Crippen molar-refractivity contribution in [2.45, 2.75) is 12.3 Å². The third kappa shape index (κ3) is 7.33. The van der Waals surface area contributed by atoms with Crippen LogP contribution in [-0.2, 0) is 5.41 Å². The number of aryl methyl sites for hydroxylation is 1. The van der Waals surface area contributed by atoms with Crippen LogP contribution in [0.15, 0.2) is 279 Å². The van der Waals surface area contributed by atoms with Crippen LogP contribution in [-0.4, -0.2) is 0 Å². The molecule has 0 saturated heterocycles. The number of hydrogen-bond donors (Lipinski definition) is 0. The highest BCUT2D eigenvalue weighted by Gasteiger charge is 2.47. The first-order valence-corrected chi connectivity index (χ1v) is 23.8. The quantitative estimate of drug-likeness (QED) is 0.128. The van der Waals surface area contributed by atoms with E-state index in [9.17, 15) is 0 Å². The molecule has 3 nitrogen and oxygen atoms in total. The molecule has 3 heteroatoms. The highest BCUT2D eigenvalue weighted by atomic mass is 15.2. The van der Waals surface area contributed by atoms with Crippen LogP contribution in [0.4, 0.5) is 51.2 Å². The highest BCUT2D eigenvalue weighted by molar-refractivity contribution is 5.95. The van der Waals surface area contributed by atoms with Crippen LogP contribution in [0.2, 0.25) is 0 Å². The van der Waals surface area contributed by atoms with Crippen LogP contribution in [0.5, 0.6) is 0 Å². The van der Waals surface area contributed by atoms with Gasteiger partial charge in [-0.15, -0.1) is 0 Å². The van der Waals surface area contributed by atoms with Gasteiger partial charge in [-0.1, -0.05) is 188 Å². The monoisotopic (exact) mass is 883 g/mol. The molecule has 69 heavy (non-hydrogen) atoms. The highest BCUT2D eigenvalue weighted by Crippen LogP contribution is 2.58. The molecule has 11 aromatic rings. The Morgan fingerprint density at radius 3 is 1.13 bits per heavy atom. The van der Waals surface area contributed by atoms with Crippen molar-refractivity contribution in [3.63, 3.8) is 0 Å². The summed E-state index contributed by atoms with van der Waals surface area (Å²) < 4.78 is 0. The summed E-state index contributed by atoms with van der Waals surface area (Å²) >= 11 is 0. The van der Waals surface area contributed by atoms with Crippen molar-refractivity contribution >= 4 is 62.0 Å². The van der Waals surface area contributed by atoms with E-state index >= 15 is 0 Å². The van der Waals surface area contributed by atoms with Gasteiger partial charge in [0.2, 0.25) is 0 Å². The van der Waals surface area contributed by atoms with Crippen LogP contribution in [0, 0.1) is 6.92 Å². The Kier molecular flexibility index (Phi) is 10.7.